The van der Waals surface area contributed by atoms with E-state index in [-0.39, 0.29) is 12.5 Å². The molecule has 0 aliphatic carbocycles. The Bertz CT molecular complexity index is 511. The van der Waals surface area contributed by atoms with Crippen LogP contribution in [0.15, 0.2) is 24.3 Å². The summed E-state index contributed by atoms with van der Waals surface area (Å²) in [6.45, 7) is 2.16. The maximum atomic E-state index is 11.7. The smallest absolute Gasteiger partial charge is 0.321 e. The second-order valence-corrected chi connectivity index (χ2v) is 5.40. The van der Waals surface area contributed by atoms with Crippen molar-refractivity contribution >= 4 is 23.3 Å². The van der Waals surface area contributed by atoms with Crippen LogP contribution in [0.3, 0.4) is 0 Å². The number of imide groups is 1. The monoisotopic (exact) mass is 304 g/mol. The maximum Gasteiger partial charge on any atom is 0.321 e. The van der Waals surface area contributed by atoms with E-state index in [1.54, 1.807) is 0 Å². The summed E-state index contributed by atoms with van der Waals surface area (Å²) in [6, 6.07) is 7.50. The van der Waals surface area contributed by atoms with Gasteiger partial charge in [0.05, 0.1) is 17.9 Å². The van der Waals surface area contributed by atoms with Gasteiger partial charge in [-0.3, -0.25) is 10.1 Å². The van der Waals surface area contributed by atoms with Gasteiger partial charge in [0, 0.05) is 20.1 Å². The molecule has 6 nitrogen and oxygen atoms in total. The maximum absolute atomic E-state index is 11.7. The minimum Gasteiger partial charge on any atom is -0.374 e. The molecule has 120 valence electrons. The first-order chi connectivity index (χ1) is 10.7. The van der Waals surface area contributed by atoms with Gasteiger partial charge in [0.25, 0.3) is 0 Å². The van der Waals surface area contributed by atoms with Crippen LogP contribution in [0.5, 0.6) is 0 Å². The third-order valence-corrected chi connectivity index (χ3v) is 3.77. The molecule has 1 heterocycles. The fourth-order valence-corrected chi connectivity index (χ4v) is 2.62. The molecule has 1 aromatic carbocycles. The summed E-state index contributed by atoms with van der Waals surface area (Å²) in [4.78, 5) is 25.2. The lowest BCUT2D eigenvalue weighted by molar-refractivity contribution is -0.118. The van der Waals surface area contributed by atoms with E-state index in [9.17, 15) is 9.59 Å². The number of carbonyl (C=O) groups excluding carboxylic acids is 2. The molecule has 22 heavy (non-hydrogen) atoms. The van der Waals surface area contributed by atoms with Gasteiger partial charge in [0.2, 0.25) is 5.91 Å². The number of carbonyl (C=O) groups is 2. The first-order valence-electron chi connectivity index (χ1n) is 7.80. The zero-order valence-electron chi connectivity index (χ0n) is 13.0. The Labute approximate surface area is 131 Å². The molecule has 0 bridgehead atoms. The predicted molar refractivity (Wildman–Crippen MR) is 88.2 cm³/mol. The lowest BCUT2D eigenvalue weighted by atomic mass is 10.2. The molecule has 0 aromatic heterocycles. The molecule has 6 heteroatoms. The van der Waals surface area contributed by atoms with Gasteiger partial charge < -0.3 is 15.5 Å². The van der Waals surface area contributed by atoms with E-state index in [1.807, 2.05) is 18.2 Å². The first-order valence-corrected chi connectivity index (χ1v) is 7.80. The van der Waals surface area contributed by atoms with Crippen LogP contribution in [0.1, 0.15) is 25.7 Å². The predicted octanol–water partition coefficient (Wildman–Crippen LogP) is 1.93. The zero-order chi connectivity index (χ0) is 15.8. The minimum absolute atomic E-state index is 0.0677. The van der Waals surface area contributed by atoms with Crippen molar-refractivity contribution in [3.63, 3.8) is 0 Å². The van der Waals surface area contributed by atoms with E-state index in [0.717, 1.165) is 24.5 Å². The highest BCUT2D eigenvalue weighted by Gasteiger charge is 2.14. The van der Waals surface area contributed by atoms with Crippen molar-refractivity contribution < 1.29 is 9.59 Å². The van der Waals surface area contributed by atoms with Crippen molar-refractivity contribution in [1.29, 1.82) is 0 Å². The van der Waals surface area contributed by atoms with E-state index >= 15 is 0 Å². The van der Waals surface area contributed by atoms with Crippen LogP contribution >= 0.6 is 0 Å². The van der Waals surface area contributed by atoms with E-state index in [2.05, 4.69) is 26.9 Å². The fraction of sp³-hybridized carbons (Fsp3) is 0.500. The molecule has 2 rings (SSSR count). The molecule has 0 atom stereocenters. The van der Waals surface area contributed by atoms with Crippen molar-refractivity contribution in [2.24, 2.45) is 0 Å². The van der Waals surface area contributed by atoms with Gasteiger partial charge >= 0.3 is 6.03 Å². The highest BCUT2D eigenvalue weighted by molar-refractivity contribution is 5.96. The van der Waals surface area contributed by atoms with Gasteiger partial charge in [-0.25, -0.2) is 4.79 Å². The summed E-state index contributed by atoms with van der Waals surface area (Å²) in [7, 11) is 1.48. The van der Waals surface area contributed by atoms with Crippen LogP contribution in [0.4, 0.5) is 16.2 Å². The highest BCUT2D eigenvalue weighted by atomic mass is 16.2. The number of anilines is 2. The normalized spacial score (nSPS) is 14.9. The third-order valence-electron chi connectivity index (χ3n) is 3.77. The molecule has 0 spiro atoms. The SMILES string of the molecule is CNC(=O)NC(=O)CNc1ccccc1N1CCCCCC1. The minimum atomic E-state index is -0.493. The van der Waals surface area contributed by atoms with Crippen LogP contribution in [0.2, 0.25) is 0 Å². The Hall–Kier alpha value is -2.24. The van der Waals surface area contributed by atoms with E-state index < -0.39 is 6.03 Å². The molecule has 3 N–H and O–H groups in total. The van der Waals surface area contributed by atoms with Crippen LogP contribution in [0, 0.1) is 0 Å². The van der Waals surface area contributed by atoms with Crippen molar-refractivity contribution in [2.75, 3.05) is 36.9 Å². The topological polar surface area (TPSA) is 73.5 Å². The average Bonchev–Trinajstić information content (AvgIpc) is 2.82. The molecule has 3 amide bonds. The summed E-state index contributed by atoms with van der Waals surface area (Å²) in [5.41, 5.74) is 2.05. The Balaban J connectivity index is 1.98. The summed E-state index contributed by atoms with van der Waals surface area (Å²) < 4.78 is 0. The van der Waals surface area contributed by atoms with Gasteiger partial charge in [-0.1, -0.05) is 25.0 Å². The van der Waals surface area contributed by atoms with Gasteiger partial charge in [-0.2, -0.15) is 0 Å². The van der Waals surface area contributed by atoms with Crippen molar-refractivity contribution in [3.05, 3.63) is 24.3 Å². The number of urea groups is 1. The summed E-state index contributed by atoms with van der Waals surface area (Å²) in [5.74, 6) is -0.356. The Morgan fingerprint density at radius 3 is 2.45 bits per heavy atom. The molecular weight excluding hydrogens is 280 g/mol. The Morgan fingerprint density at radius 1 is 1.09 bits per heavy atom. The van der Waals surface area contributed by atoms with E-state index in [4.69, 9.17) is 0 Å². The molecule has 0 radical (unpaired) electrons. The van der Waals surface area contributed by atoms with Crippen molar-refractivity contribution in [3.8, 4) is 0 Å². The molecule has 1 fully saturated rings. The second kappa shape index (κ2) is 8.26. The van der Waals surface area contributed by atoms with Crippen molar-refractivity contribution in [1.82, 2.24) is 10.6 Å². The van der Waals surface area contributed by atoms with Crippen LogP contribution in [-0.4, -0.2) is 38.6 Å². The highest BCUT2D eigenvalue weighted by Crippen LogP contribution is 2.27. The first kappa shape index (κ1) is 16.1. The molecule has 0 saturated carbocycles. The van der Waals surface area contributed by atoms with Crippen LogP contribution in [0.25, 0.3) is 0 Å². The van der Waals surface area contributed by atoms with Gasteiger partial charge in [-0.05, 0) is 25.0 Å². The van der Waals surface area contributed by atoms with Gasteiger partial charge in [0.1, 0.15) is 0 Å². The number of amides is 3. The molecule has 1 aliphatic rings. The van der Waals surface area contributed by atoms with Gasteiger partial charge in [0.15, 0.2) is 0 Å². The molecule has 1 aromatic rings. The number of rotatable bonds is 4. The standard InChI is InChI=1S/C16H24N4O2/c1-17-16(22)19-15(21)12-18-13-8-4-5-9-14(13)20-10-6-2-3-7-11-20/h4-5,8-9,18H,2-3,6-7,10-12H2,1H3,(H2,17,19,21,22). The van der Waals surface area contributed by atoms with Crippen molar-refractivity contribution in [2.45, 2.75) is 25.7 Å². The number of para-hydroxylation sites is 2. The Kier molecular flexibility index (Phi) is 6.06. The molecule has 1 saturated heterocycles. The quantitative estimate of drug-likeness (QED) is 0.795. The summed E-state index contributed by atoms with van der Waals surface area (Å²) in [5, 5.41) is 7.73. The lowest BCUT2D eigenvalue weighted by Gasteiger charge is -2.25. The lowest BCUT2D eigenvalue weighted by Crippen LogP contribution is -2.40. The number of nitrogens with one attached hydrogen (secondary N) is 3. The van der Waals surface area contributed by atoms with E-state index in [1.165, 1.54) is 32.7 Å². The Morgan fingerprint density at radius 2 is 1.77 bits per heavy atom. The number of benzene rings is 1. The third kappa shape index (κ3) is 4.65. The second-order valence-electron chi connectivity index (χ2n) is 5.40. The largest absolute Gasteiger partial charge is 0.374 e. The van der Waals surface area contributed by atoms with E-state index in [0.29, 0.717) is 0 Å². The zero-order valence-corrected chi connectivity index (χ0v) is 13.0. The molecular formula is C16H24N4O2. The number of hydrogen-bond acceptors (Lipinski definition) is 4. The van der Waals surface area contributed by atoms with Crippen LogP contribution < -0.4 is 20.9 Å². The number of nitrogens with zero attached hydrogens (tertiary/aromatic N) is 1. The number of hydrogen-bond donors (Lipinski definition) is 3. The summed E-state index contributed by atoms with van der Waals surface area (Å²) in [6.07, 6.45) is 4.96. The van der Waals surface area contributed by atoms with Gasteiger partial charge in [-0.15, -0.1) is 0 Å². The summed E-state index contributed by atoms with van der Waals surface area (Å²) >= 11 is 0. The van der Waals surface area contributed by atoms with Crippen LogP contribution in [-0.2, 0) is 4.79 Å². The fourth-order valence-electron chi connectivity index (χ4n) is 2.62. The average molecular weight is 304 g/mol. The molecule has 1 aliphatic heterocycles. The molecule has 0 unspecified atom stereocenters.